The highest BCUT2D eigenvalue weighted by Crippen LogP contribution is 2.26. The predicted octanol–water partition coefficient (Wildman–Crippen LogP) is 1.62. The number of hydrogen-bond acceptors (Lipinski definition) is 4. The number of thiazole rings is 1. The minimum absolute atomic E-state index is 0.00648. The SMILES string of the molecule is Cc1sc(=O)n(CC(=O)N2CCNC(=O)CC2c2ccccc2)c1C. The summed E-state index contributed by atoms with van der Waals surface area (Å²) in [4.78, 5) is 39.6. The van der Waals surface area contributed by atoms with Crippen LogP contribution in [0.4, 0.5) is 0 Å². The van der Waals surface area contributed by atoms with Crippen molar-refractivity contribution >= 4 is 23.2 Å². The molecule has 3 rings (SSSR count). The summed E-state index contributed by atoms with van der Waals surface area (Å²) >= 11 is 1.16. The van der Waals surface area contributed by atoms with Gasteiger partial charge in [-0.25, -0.2) is 0 Å². The molecule has 0 bridgehead atoms. The minimum atomic E-state index is -0.313. The number of carbonyl (C=O) groups excluding carboxylic acids is 2. The van der Waals surface area contributed by atoms with Gasteiger partial charge in [-0.3, -0.25) is 19.0 Å². The molecule has 1 N–H and O–H groups in total. The Hall–Kier alpha value is -2.41. The number of nitrogens with one attached hydrogen (secondary N) is 1. The van der Waals surface area contributed by atoms with E-state index in [1.807, 2.05) is 44.2 Å². The summed E-state index contributed by atoms with van der Waals surface area (Å²) in [6, 6.07) is 9.25. The molecule has 1 aliphatic rings. The summed E-state index contributed by atoms with van der Waals surface area (Å²) in [5.74, 6) is -0.211. The molecule has 7 heteroatoms. The molecule has 6 nitrogen and oxygen atoms in total. The molecular formula is C18H21N3O3S. The van der Waals surface area contributed by atoms with Gasteiger partial charge in [-0.15, -0.1) is 0 Å². The van der Waals surface area contributed by atoms with Gasteiger partial charge in [-0.2, -0.15) is 0 Å². The molecule has 0 spiro atoms. The van der Waals surface area contributed by atoms with Crippen LogP contribution < -0.4 is 10.2 Å². The Morgan fingerprint density at radius 3 is 2.60 bits per heavy atom. The van der Waals surface area contributed by atoms with E-state index in [4.69, 9.17) is 0 Å². The average molecular weight is 359 g/mol. The van der Waals surface area contributed by atoms with Crippen LogP contribution in [-0.4, -0.2) is 34.4 Å². The molecule has 0 radical (unpaired) electrons. The Balaban J connectivity index is 1.90. The molecule has 1 fully saturated rings. The summed E-state index contributed by atoms with van der Waals surface area (Å²) in [7, 11) is 0. The van der Waals surface area contributed by atoms with Crippen molar-refractivity contribution in [2.75, 3.05) is 13.1 Å². The Labute approximate surface area is 150 Å². The smallest absolute Gasteiger partial charge is 0.308 e. The summed E-state index contributed by atoms with van der Waals surface area (Å²) in [5.41, 5.74) is 1.75. The molecule has 2 heterocycles. The minimum Gasteiger partial charge on any atom is -0.354 e. The summed E-state index contributed by atoms with van der Waals surface area (Å²) in [6.45, 7) is 4.59. The highest BCUT2D eigenvalue weighted by atomic mass is 32.1. The summed E-state index contributed by atoms with van der Waals surface area (Å²) in [5, 5.41) is 2.82. The fourth-order valence-corrected chi connectivity index (χ4v) is 3.93. The zero-order valence-corrected chi connectivity index (χ0v) is 15.1. The number of rotatable bonds is 3. The van der Waals surface area contributed by atoms with Gasteiger partial charge in [0.25, 0.3) is 0 Å². The molecule has 1 aliphatic heterocycles. The maximum atomic E-state index is 13.0. The number of nitrogens with zero attached hydrogens (tertiary/aromatic N) is 2. The van der Waals surface area contributed by atoms with Crippen LogP contribution in [0.15, 0.2) is 35.1 Å². The summed E-state index contributed by atoms with van der Waals surface area (Å²) < 4.78 is 1.52. The Morgan fingerprint density at radius 1 is 1.24 bits per heavy atom. The van der Waals surface area contributed by atoms with Crippen molar-refractivity contribution in [3.63, 3.8) is 0 Å². The van der Waals surface area contributed by atoms with Crippen LogP contribution in [0, 0.1) is 13.8 Å². The molecule has 0 aliphatic carbocycles. The van der Waals surface area contributed by atoms with Crippen molar-refractivity contribution in [2.45, 2.75) is 32.9 Å². The van der Waals surface area contributed by atoms with Gasteiger partial charge in [0, 0.05) is 23.7 Å². The third kappa shape index (κ3) is 3.66. The molecule has 1 aromatic heterocycles. The first kappa shape index (κ1) is 17.4. The van der Waals surface area contributed by atoms with Crippen molar-refractivity contribution in [1.82, 2.24) is 14.8 Å². The topological polar surface area (TPSA) is 71.4 Å². The van der Waals surface area contributed by atoms with E-state index < -0.39 is 0 Å². The van der Waals surface area contributed by atoms with E-state index in [0.717, 1.165) is 27.5 Å². The monoisotopic (exact) mass is 359 g/mol. The zero-order chi connectivity index (χ0) is 18.0. The van der Waals surface area contributed by atoms with Crippen molar-refractivity contribution in [3.05, 3.63) is 56.1 Å². The van der Waals surface area contributed by atoms with Crippen molar-refractivity contribution in [3.8, 4) is 0 Å². The van der Waals surface area contributed by atoms with Crippen LogP contribution in [0.25, 0.3) is 0 Å². The Kier molecular flexibility index (Phi) is 5.03. The second kappa shape index (κ2) is 7.23. The highest BCUT2D eigenvalue weighted by Gasteiger charge is 2.30. The van der Waals surface area contributed by atoms with E-state index in [1.54, 1.807) is 4.90 Å². The zero-order valence-electron chi connectivity index (χ0n) is 14.3. The van der Waals surface area contributed by atoms with Crippen LogP contribution >= 0.6 is 11.3 Å². The van der Waals surface area contributed by atoms with Gasteiger partial charge in [-0.1, -0.05) is 41.7 Å². The third-order valence-electron chi connectivity index (χ3n) is 4.60. The van der Waals surface area contributed by atoms with Gasteiger partial charge in [0.05, 0.1) is 12.5 Å². The largest absolute Gasteiger partial charge is 0.354 e. The van der Waals surface area contributed by atoms with E-state index >= 15 is 0 Å². The van der Waals surface area contributed by atoms with E-state index in [2.05, 4.69) is 5.32 Å². The number of hydrogen-bond donors (Lipinski definition) is 1. The predicted molar refractivity (Wildman–Crippen MR) is 96.6 cm³/mol. The van der Waals surface area contributed by atoms with Crippen molar-refractivity contribution in [1.29, 1.82) is 0 Å². The first-order valence-electron chi connectivity index (χ1n) is 8.25. The van der Waals surface area contributed by atoms with Gasteiger partial charge < -0.3 is 10.2 Å². The fraction of sp³-hybridized carbons (Fsp3) is 0.389. The second-order valence-electron chi connectivity index (χ2n) is 6.16. The highest BCUT2D eigenvalue weighted by molar-refractivity contribution is 7.09. The number of aromatic nitrogens is 1. The Morgan fingerprint density at radius 2 is 1.96 bits per heavy atom. The van der Waals surface area contributed by atoms with Crippen LogP contribution in [0.5, 0.6) is 0 Å². The van der Waals surface area contributed by atoms with Crippen LogP contribution in [0.3, 0.4) is 0 Å². The van der Waals surface area contributed by atoms with E-state index in [1.165, 1.54) is 4.57 Å². The average Bonchev–Trinajstić information content (AvgIpc) is 2.77. The lowest BCUT2D eigenvalue weighted by atomic mass is 10.0. The molecule has 132 valence electrons. The lowest BCUT2D eigenvalue weighted by Crippen LogP contribution is -2.40. The number of carbonyl (C=O) groups is 2. The molecular weight excluding hydrogens is 338 g/mol. The fourth-order valence-electron chi connectivity index (χ4n) is 3.10. The first-order valence-corrected chi connectivity index (χ1v) is 9.07. The lowest BCUT2D eigenvalue weighted by Gasteiger charge is -2.29. The normalized spacial score (nSPS) is 17.9. The number of benzene rings is 1. The maximum absolute atomic E-state index is 13.0. The maximum Gasteiger partial charge on any atom is 0.308 e. The van der Waals surface area contributed by atoms with E-state index in [-0.39, 0.29) is 35.7 Å². The van der Waals surface area contributed by atoms with Crippen molar-refractivity contribution in [2.24, 2.45) is 0 Å². The van der Waals surface area contributed by atoms with Gasteiger partial charge in [0.2, 0.25) is 11.8 Å². The molecule has 2 aromatic rings. The van der Waals surface area contributed by atoms with Crippen molar-refractivity contribution < 1.29 is 9.59 Å². The van der Waals surface area contributed by atoms with Gasteiger partial charge in [0.15, 0.2) is 0 Å². The molecule has 1 unspecified atom stereocenters. The van der Waals surface area contributed by atoms with Gasteiger partial charge >= 0.3 is 4.87 Å². The van der Waals surface area contributed by atoms with Gasteiger partial charge in [0.1, 0.15) is 6.54 Å². The molecule has 0 saturated carbocycles. The van der Waals surface area contributed by atoms with Crippen LogP contribution in [0.1, 0.15) is 28.6 Å². The Bertz CT molecular complexity index is 841. The standard InChI is InChI=1S/C18H21N3O3S/c1-12-13(2)25-18(24)21(12)11-17(23)20-9-8-19-16(22)10-15(20)14-6-4-3-5-7-14/h3-7,15H,8-11H2,1-2H3,(H,19,22). The number of amides is 2. The van der Waals surface area contributed by atoms with Crippen LogP contribution in [-0.2, 0) is 16.1 Å². The van der Waals surface area contributed by atoms with E-state index in [9.17, 15) is 14.4 Å². The lowest BCUT2D eigenvalue weighted by molar-refractivity contribution is -0.134. The quantitative estimate of drug-likeness (QED) is 0.905. The summed E-state index contributed by atoms with van der Waals surface area (Å²) in [6.07, 6.45) is 0.228. The molecule has 1 aromatic carbocycles. The number of aryl methyl sites for hydroxylation is 1. The second-order valence-corrected chi connectivity index (χ2v) is 7.33. The molecule has 25 heavy (non-hydrogen) atoms. The van der Waals surface area contributed by atoms with Crippen LogP contribution in [0.2, 0.25) is 0 Å². The first-order chi connectivity index (χ1) is 12.0. The van der Waals surface area contributed by atoms with Gasteiger partial charge in [-0.05, 0) is 19.4 Å². The third-order valence-corrected chi connectivity index (χ3v) is 5.60. The van der Waals surface area contributed by atoms with E-state index in [0.29, 0.717) is 13.1 Å². The molecule has 2 amide bonds. The molecule has 1 atom stereocenters. The molecule has 1 saturated heterocycles.